The van der Waals surface area contributed by atoms with Crippen molar-refractivity contribution in [2.24, 2.45) is 0 Å². The van der Waals surface area contributed by atoms with E-state index >= 15 is 0 Å². The lowest BCUT2D eigenvalue weighted by Gasteiger charge is -2.14. The third kappa shape index (κ3) is 4.26. The van der Waals surface area contributed by atoms with Crippen LogP contribution in [-0.2, 0) is 25.9 Å². The third-order valence-electron chi connectivity index (χ3n) is 5.27. The van der Waals surface area contributed by atoms with Crippen LogP contribution >= 0.6 is 0 Å². The van der Waals surface area contributed by atoms with Gasteiger partial charge in [0.1, 0.15) is 5.69 Å². The van der Waals surface area contributed by atoms with Crippen molar-refractivity contribution < 1.29 is 0 Å². The Hall–Kier alpha value is -3.74. The smallest absolute Gasteiger partial charge is 0.299 e. The summed E-state index contributed by atoms with van der Waals surface area (Å²) in [6.07, 6.45) is 1.75. The van der Waals surface area contributed by atoms with Gasteiger partial charge in [0.2, 0.25) is 0 Å². The molecule has 7 heteroatoms. The molecule has 0 fully saturated rings. The summed E-state index contributed by atoms with van der Waals surface area (Å²) < 4.78 is 2.89. The number of nitrogens with zero attached hydrogens (tertiary/aromatic N) is 3. The molecule has 0 saturated heterocycles. The van der Waals surface area contributed by atoms with Gasteiger partial charge in [0.15, 0.2) is 11.2 Å². The maximum atomic E-state index is 13.2. The molecular weight excluding hydrogens is 392 g/mol. The van der Waals surface area contributed by atoms with E-state index in [1.165, 1.54) is 9.13 Å². The minimum absolute atomic E-state index is 0.144. The SMILES string of the molecule is CCCn1c(=O)c(CCc2ccccc2)nc2c1c(=O)[nH]c(=O)n2Cc1ccccc1. The van der Waals surface area contributed by atoms with Gasteiger partial charge in [0.25, 0.3) is 11.1 Å². The number of fused-ring (bicyclic) bond motifs is 1. The molecule has 7 nitrogen and oxygen atoms in total. The lowest BCUT2D eigenvalue weighted by molar-refractivity contribution is 0.645. The summed E-state index contributed by atoms with van der Waals surface area (Å²) >= 11 is 0. The summed E-state index contributed by atoms with van der Waals surface area (Å²) in [5.41, 5.74) is 1.34. The Morgan fingerprint density at radius 3 is 2.13 bits per heavy atom. The largest absolute Gasteiger partial charge is 0.330 e. The zero-order valence-corrected chi connectivity index (χ0v) is 17.4. The molecule has 2 heterocycles. The molecule has 0 bridgehead atoms. The second kappa shape index (κ2) is 8.95. The lowest BCUT2D eigenvalue weighted by Crippen LogP contribution is -2.37. The van der Waals surface area contributed by atoms with Crippen molar-refractivity contribution in [3.05, 3.63) is 109 Å². The van der Waals surface area contributed by atoms with Gasteiger partial charge in [-0.2, -0.15) is 0 Å². The standard InChI is InChI=1S/C24H24N4O3/c1-2-15-27-20-21(25-19(23(27)30)14-13-17-9-5-3-6-10-17)28(24(31)26-22(20)29)16-18-11-7-4-8-12-18/h3-12H,2,13-16H2,1H3,(H,26,29,31). The van der Waals surface area contributed by atoms with E-state index in [2.05, 4.69) is 9.97 Å². The third-order valence-corrected chi connectivity index (χ3v) is 5.27. The number of aromatic amines is 1. The molecule has 2 aromatic heterocycles. The van der Waals surface area contributed by atoms with Gasteiger partial charge in [0.05, 0.1) is 6.54 Å². The van der Waals surface area contributed by atoms with E-state index in [1.54, 1.807) is 0 Å². The van der Waals surface area contributed by atoms with Gasteiger partial charge in [-0.1, -0.05) is 67.6 Å². The molecule has 0 spiro atoms. The molecule has 2 aromatic carbocycles. The van der Waals surface area contributed by atoms with Crippen molar-refractivity contribution in [3.63, 3.8) is 0 Å². The Labute approximate surface area is 178 Å². The van der Waals surface area contributed by atoms with Crippen molar-refractivity contribution in [1.29, 1.82) is 0 Å². The van der Waals surface area contributed by atoms with Gasteiger partial charge in [-0.25, -0.2) is 9.78 Å². The second-order valence-electron chi connectivity index (χ2n) is 7.50. The highest BCUT2D eigenvalue weighted by Crippen LogP contribution is 2.10. The van der Waals surface area contributed by atoms with Crippen LogP contribution < -0.4 is 16.8 Å². The number of nitrogens with one attached hydrogen (secondary N) is 1. The van der Waals surface area contributed by atoms with E-state index in [0.29, 0.717) is 31.5 Å². The minimum atomic E-state index is -0.586. The molecule has 0 aliphatic heterocycles. The zero-order chi connectivity index (χ0) is 21.8. The highest BCUT2D eigenvalue weighted by Gasteiger charge is 2.18. The zero-order valence-electron chi connectivity index (χ0n) is 17.4. The Bertz CT molecular complexity index is 1370. The highest BCUT2D eigenvalue weighted by atomic mass is 16.2. The average molecular weight is 416 g/mol. The monoisotopic (exact) mass is 416 g/mol. The van der Waals surface area contributed by atoms with Gasteiger partial charge in [-0.3, -0.25) is 23.7 Å². The molecular formula is C24H24N4O3. The summed E-state index contributed by atoms with van der Waals surface area (Å²) in [6, 6.07) is 19.3. The van der Waals surface area contributed by atoms with E-state index < -0.39 is 11.2 Å². The molecule has 0 aliphatic carbocycles. The van der Waals surface area contributed by atoms with Crippen molar-refractivity contribution >= 4 is 11.2 Å². The molecule has 1 N–H and O–H groups in total. The van der Waals surface area contributed by atoms with Crippen LogP contribution in [0.2, 0.25) is 0 Å². The van der Waals surface area contributed by atoms with E-state index in [1.807, 2.05) is 67.6 Å². The van der Waals surface area contributed by atoms with Crippen LogP contribution in [0.1, 0.15) is 30.2 Å². The fourth-order valence-corrected chi connectivity index (χ4v) is 3.76. The maximum absolute atomic E-state index is 13.2. The Balaban J connectivity index is 1.89. The number of benzene rings is 2. The Kier molecular flexibility index (Phi) is 5.93. The summed E-state index contributed by atoms with van der Waals surface area (Å²) in [5, 5.41) is 0. The van der Waals surface area contributed by atoms with Crippen LogP contribution in [0.3, 0.4) is 0 Å². The van der Waals surface area contributed by atoms with Gasteiger partial charge in [-0.15, -0.1) is 0 Å². The van der Waals surface area contributed by atoms with Crippen molar-refractivity contribution in [3.8, 4) is 0 Å². The topological polar surface area (TPSA) is 89.8 Å². The molecule has 158 valence electrons. The summed E-state index contributed by atoms with van der Waals surface area (Å²) in [5.74, 6) is 0. The predicted molar refractivity (Wildman–Crippen MR) is 121 cm³/mol. The molecule has 31 heavy (non-hydrogen) atoms. The summed E-state index contributed by atoms with van der Waals surface area (Å²) in [4.78, 5) is 45.4. The Morgan fingerprint density at radius 2 is 1.48 bits per heavy atom. The normalized spacial score (nSPS) is 11.1. The van der Waals surface area contributed by atoms with Crippen LogP contribution in [0.4, 0.5) is 0 Å². The molecule has 0 atom stereocenters. The average Bonchev–Trinajstić information content (AvgIpc) is 2.78. The highest BCUT2D eigenvalue weighted by molar-refractivity contribution is 5.69. The van der Waals surface area contributed by atoms with Gasteiger partial charge < -0.3 is 0 Å². The number of aromatic nitrogens is 4. The number of rotatable bonds is 7. The fraction of sp³-hybridized carbons (Fsp3) is 0.250. The first kappa shape index (κ1) is 20.5. The van der Waals surface area contributed by atoms with E-state index in [-0.39, 0.29) is 23.3 Å². The van der Waals surface area contributed by atoms with Gasteiger partial charge in [-0.05, 0) is 30.4 Å². The van der Waals surface area contributed by atoms with Crippen molar-refractivity contribution in [1.82, 2.24) is 19.1 Å². The van der Waals surface area contributed by atoms with Crippen molar-refractivity contribution in [2.45, 2.75) is 39.3 Å². The molecule has 0 amide bonds. The number of hydrogen-bond acceptors (Lipinski definition) is 4. The number of aryl methyl sites for hydroxylation is 3. The summed E-state index contributed by atoms with van der Waals surface area (Å²) in [6.45, 7) is 2.57. The summed E-state index contributed by atoms with van der Waals surface area (Å²) in [7, 11) is 0. The molecule has 0 unspecified atom stereocenters. The molecule has 4 rings (SSSR count). The first-order valence-corrected chi connectivity index (χ1v) is 10.4. The van der Waals surface area contributed by atoms with Crippen LogP contribution in [0.5, 0.6) is 0 Å². The fourth-order valence-electron chi connectivity index (χ4n) is 3.76. The first-order chi connectivity index (χ1) is 15.1. The minimum Gasteiger partial charge on any atom is -0.299 e. The number of hydrogen-bond donors (Lipinski definition) is 1. The maximum Gasteiger partial charge on any atom is 0.330 e. The van der Waals surface area contributed by atoms with E-state index in [4.69, 9.17) is 0 Å². The van der Waals surface area contributed by atoms with Crippen LogP contribution in [0, 0.1) is 0 Å². The van der Waals surface area contributed by atoms with E-state index in [0.717, 1.165) is 11.1 Å². The molecule has 0 radical (unpaired) electrons. The molecule has 4 aromatic rings. The first-order valence-electron chi connectivity index (χ1n) is 10.4. The van der Waals surface area contributed by atoms with E-state index in [9.17, 15) is 14.4 Å². The van der Waals surface area contributed by atoms with Crippen LogP contribution in [-0.4, -0.2) is 19.1 Å². The van der Waals surface area contributed by atoms with Gasteiger partial charge >= 0.3 is 5.69 Å². The second-order valence-corrected chi connectivity index (χ2v) is 7.50. The molecule has 0 aliphatic rings. The number of H-pyrrole nitrogens is 1. The predicted octanol–water partition coefficient (Wildman–Crippen LogP) is 2.49. The molecule has 0 saturated carbocycles. The quantitative estimate of drug-likeness (QED) is 0.501. The Morgan fingerprint density at radius 1 is 0.839 bits per heavy atom. The van der Waals surface area contributed by atoms with Crippen LogP contribution in [0.15, 0.2) is 75.0 Å². The van der Waals surface area contributed by atoms with Gasteiger partial charge in [0, 0.05) is 6.54 Å². The lowest BCUT2D eigenvalue weighted by atomic mass is 10.1. The van der Waals surface area contributed by atoms with Crippen LogP contribution in [0.25, 0.3) is 11.2 Å². The van der Waals surface area contributed by atoms with Crippen molar-refractivity contribution in [2.75, 3.05) is 0 Å².